The van der Waals surface area contributed by atoms with Gasteiger partial charge < -0.3 is 4.57 Å². The zero-order valence-corrected chi connectivity index (χ0v) is 10.2. The summed E-state index contributed by atoms with van der Waals surface area (Å²) in [6, 6.07) is 7.62. The Morgan fingerprint density at radius 3 is 2.94 bits per heavy atom. The van der Waals surface area contributed by atoms with Gasteiger partial charge in [-0.3, -0.25) is 4.79 Å². The molecule has 0 spiro atoms. The molecule has 0 N–H and O–H groups in total. The smallest absolute Gasteiger partial charge is 0.159 e. The van der Waals surface area contributed by atoms with Crippen LogP contribution in [0, 0.1) is 0 Å². The minimum Gasteiger partial charge on any atom is -0.331 e. The summed E-state index contributed by atoms with van der Waals surface area (Å²) in [5.74, 6) is 1.01. The standard InChI is InChI=1S/C14H16N2O/c1-3-8-16-9-7-15-14(16)13-6-4-5-12(10-13)11(2)17/h4-7,9-10H,3,8H2,1-2H3. The molecule has 3 heteroatoms. The predicted octanol–water partition coefficient (Wildman–Crippen LogP) is 3.16. The normalized spacial score (nSPS) is 10.5. The van der Waals surface area contributed by atoms with Gasteiger partial charge >= 0.3 is 0 Å². The first-order valence-corrected chi connectivity index (χ1v) is 5.85. The maximum Gasteiger partial charge on any atom is 0.159 e. The Morgan fingerprint density at radius 1 is 1.41 bits per heavy atom. The molecule has 0 saturated heterocycles. The second-order valence-corrected chi connectivity index (χ2v) is 4.08. The zero-order chi connectivity index (χ0) is 12.3. The van der Waals surface area contributed by atoms with E-state index in [0.717, 1.165) is 29.9 Å². The number of hydrogen-bond donors (Lipinski definition) is 0. The van der Waals surface area contributed by atoms with E-state index in [0.29, 0.717) is 0 Å². The van der Waals surface area contributed by atoms with Gasteiger partial charge in [0.25, 0.3) is 0 Å². The molecule has 0 fully saturated rings. The van der Waals surface area contributed by atoms with Crippen molar-refractivity contribution in [1.82, 2.24) is 9.55 Å². The number of benzene rings is 1. The average molecular weight is 228 g/mol. The topological polar surface area (TPSA) is 34.9 Å². The number of imidazole rings is 1. The lowest BCUT2D eigenvalue weighted by Gasteiger charge is -2.07. The van der Waals surface area contributed by atoms with E-state index in [4.69, 9.17) is 0 Å². The number of Topliss-reactive ketones (excluding diaryl/α,β-unsaturated/α-hetero) is 1. The first-order valence-electron chi connectivity index (χ1n) is 5.85. The molecule has 0 bridgehead atoms. The molecule has 1 heterocycles. The van der Waals surface area contributed by atoms with Crippen LogP contribution in [0.2, 0.25) is 0 Å². The summed E-state index contributed by atoms with van der Waals surface area (Å²) in [6.07, 6.45) is 4.83. The Bertz CT molecular complexity index is 529. The van der Waals surface area contributed by atoms with Gasteiger partial charge in [-0.15, -0.1) is 0 Å². The van der Waals surface area contributed by atoms with Gasteiger partial charge in [-0.05, 0) is 19.4 Å². The quantitative estimate of drug-likeness (QED) is 0.753. The number of ketones is 1. The van der Waals surface area contributed by atoms with Gasteiger partial charge in [-0.2, -0.15) is 0 Å². The second kappa shape index (κ2) is 4.95. The lowest BCUT2D eigenvalue weighted by molar-refractivity contribution is 0.101. The molecule has 1 aromatic carbocycles. The number of aryl methyl sites for hydroxylation is 1. The van der Waals surface area contributed by atoms with Crippen molar-refractivity contribution in [2.45, 2.75) is 26.8 Å². The lowest BCUT2D eigenvalue weighted by atomic mass is 10.1. The molecule has 0 radical (unpaired) electrons. The molecule has 1 aromatic heterocycles. The third-order valence-electron chi connectivity index (χ3n) is 2.71. The van der Waals surface area contributed by atoms with Crippen LogP contribution < -0.4 is 0 Å². The van der Waals surface area contributed by atoms with Crippen LogP contribution in [0.3, 0.4) is 0 Å². The summed E-state index contributed by atoms with van der Waals surface area (Å²) in [7, 11) is 0. The molecule has 0 atom stereocenters. The number of carbonyl (C=O) groups is 1. The van der Waals surface area contributed by atoms with Gasteiger partial charge in [-0.25, -0.2) is 4.98 Å². The molecule has 0 unspecified atom stereocenters. The van der Waals surface area contributed by atoms with Crippen LogP contribution in [0.1, 0.15) is 30.6 Å². The second-order valence-electron chi connectivity index (χ2n) is 4.08. The molecule has 0 amide bonds. The number of hydrogen-bond acceptors (Lipinski definition) is 2. The zero-order valence-electron chi connectivity index (χ0n) is 10.2. The fraction of sp³-hybridized carbons (Fsp3) is 0.286. The summed E-state index contributed by atoms with van der Waals surface area (Å²) in [6.45, 7) is 4.66. The number of aromatic nitrogens is 2. The van der Waals surface area contributed by atoms with E-state index in [1.165, 1.54) is 0 Å². The summed E-state index contributed by atoms with van der Waals surface area (Å²) >= 11 is 0. The summed E-state index contributed by atoms with van der Waals surface area (Å²) in [4.78, 5) is 15.7. The maximum absolute atomic E-state index is 11.4. The average Bonchev–Trinajstić information content (AvgIpc) is 2.78. The van der Waals surface area contributed by atoms with Crippen molar-refractivity contribution in [3.05, 3.63) is 42.2 Å². The van der Waals surface area contributed by atoms with Crippen LogP contribution in [0.4, 0.5) is 0 Å². The van der Waals surface area contributed by atoms with E-state index < -0.39 is 0 Å². The van der Waals surface area contributed by atoms with Crippen molar-refractivity contribution in [2.75, 3.05) is 0 Å². The number of nitrogens with zero attached hydrogens (tertiary/aromatic N) is 2. The highest BCUT2D eigenvalue weighted by Crippen LogP contribution is 2.19. The van der Waals surface area contributed by atoms with Crippen LogP contribution in [-0.4, -0.2) is 15.3 Å². The van der Waals surface area contributed by atoms with Crippen LogP contribution in [0.5, 0.6) is 0 Å². The minimum absolute atomic E-state index is 0.0837. The van der Waals surface area contributed by atoms with Crippen molar-refractivity contribution in [3.63, 3.8) is 0 Å². The van der Waals surface area contributed by atoms with Gasteiger partial charge in [0.15, 0.2) is 5.78 Å². The molecule has 0 aliphatic rings. The van der Waals surface area contributed by atoms with Gasteiger partial charge in [0, 0.05) is 30.1 Å². The van der Waals surface area contributed by atoms with Crippen molar-refractivity contribution in [2.24, 2.45) is 0 Å². The van der Waals surface area contributed by atoms with Crippen molar-refractivity contribution in [3.8, 4) is 11.4 Å². The van der Waals surface area contributed by atoms with Crippen LogP contribution in [0.25, 0.3) is 11.4 Å². The highest BCUT2D eigenvalue weighted by molar-refractivity contribution is 5.95. The highest BCUT2D eigenvalue weighted by Gasteiger charge is 2.07. The number of rotatable bonds is 4. The Balaban J connectivity index is 2.42. The van der Waals surface area contributed by atoms with Crippen LogP contribution in [-0.2, 0) is 6.54 Å². The minimum atomic E-state index is 0.0837. The molecule has 17 heavy (non-hydrogen) atoms. The highest BCUT2D eigenvalue weighted by atomic mass is 16.1. The Hall–Kier alpha value is -1.90. The molecule has 0 aliphatic heterocycles. The first kappa shape index (κ1) is 11.6. The molecule has 0 aliphatic carbocycles. The summed E-state index contributed by atoms with van der Waals surface area (Å²) in [5, 5.41) is 0. The molecular formula is C14H16N2O. The van der Waals surface area contributed by atoms with Crippen LogP contribution in [0.15, 0.2) is 36.7 Å². The van der Waals surface area contributed by atoms with Crippen molar-refractivity contribution in [1.29, 1.82) is 0 Å². The largest absolute Gasteiger partial charge is 0.331 e. The van der Waals surface area contributed by atoms with E-state index in [1.54, 1.807) is 13.1 Å². The maximum atomic E-state index is 11.4. The third kappa shape index (κ3) is 2.44. The van der Waals surface area contributed by atoms with Crippen molar-refractivity contribution < 1.29 is 4.79 Å². The predicted molar refractivity (Wildman–Crippen MR) is 68.0 cm³/mol. The fourth-order valence-corrected chi connectivity index (χ4v) is 1.87. The third-order valence-corrected chi connectivity index (χ3v) is 2.71. The SMILES string of the molecule is CCCn1ccnc1-c1cccc(C(C)=O)c1. The lowest BCUT2D eigenvalue weighted by Crippen LogP contribution is -1.99. The van der Waals surface area contributed by atoms with E-state index in [2.05, 4.69) is 16.5 Å². The fourth-order valence-electron chi connectivity index (χ4n) is 1.87. The molecule has 3 nitrogen and oxygen atoms in total. The molecule has 2 aromatic rings. The van der Waals surface area contributed by atoms with E-state index in [9.17, 15) is 4.79 Å². The van der Waals surface area contributed by atoms with Gasteiger partial charge in [0.2, 0.25) is 0 Å². The van der Waals surface area contributed by atoms with E-state index in [1.807, 2.05) is 30.5 Å². The Kier molecular flexibility index (Phi) is 3.38. The summed E-state index contributed by atoms with van der Waals surface area (Å²) < 4.78 is 2.11. The molecule has 2 rings (SSSR count). The number of carbonyl (C=O) groups excluding carboxylic acids is 1. The molecular weight excluding hydrogens is 212 g/mol. The van der Waals surface area contributed by atoms with E-state index in [-0.39, 0.29) is 5.78 Å². The van der Waals surface area contributed by atoms with Crippen LogP contribution >= 0.6 is 0 Å². The van der Waals surface area contributed by atoms with Gasteiger partial charge in [0.1, 0.15) is 5.82 Å². The van der Waals surface area contributed by atoms with E-state index >= 15 is 0 Å². The molecule has 88 valence electrons. The monoisotopic (exact) mass is 228 g/mol. The Labute approximate surface area is 101 Å². The first-order chi connectivity index (χ1) is 8.22. The van der Waals surface area contributed by atoms with Crippen molar-refractivity contribution >= 4 is 5.78 Å². The van der Waals surface area contributed by atoms with Gasteiger partial charge in [0.05, 0.1) is 0 Å². The Morgan fingerprint density at radius 2 is 2.24 bits per heavy atom. The summed E-state index contributed by atoms with van der Waals surface area (Å²) in [5.41, 5.74) is 1.73. The van der Waals surface area contributed by atoms with Gasteiger partial charge in [-0.1, -0.05) is 25.1 Å². The molecule has 0 saturated carbocycles.